The molecule has 0 radical (unpaired) electrons. The molecule has 0 unspecified atom stereocenters. The van der Waals surface area contributed by atoms with E-state index in [1.807, 2.05) is 6.92 Å². The van der Waals surface area contributed by atoms with Gasteiger partial charge in [-0.3, -0.25) is 4.90 Å². The highest BCUT2D eigenvalue weighted by atomic mass is 35.5. The molecule has 0 bridgehead atoms. The smallest absolute Gasteiger partial charge is 0.144 e. The highest BCUT2D eigenvalue weighted by Gasteiger charge is 2.19. The highest BCUT2D eigenvalue weighted by Crippen LogP contribution is 2.15. The molecule has 0 atom stereocenters. The van der Waals surface area contributed by atoms with Crippen LogP contribution in [0.1, 0.15) is 24.4 Å². The molecule has 5 heteroatoms. The summed E-state index contributed by atoms with van der Waals surface area (Å²) >= 11 is 5.93. The van der Waals surface area contributed by atoms with Gasteiger partial charge in [0.1, 0.15) is 11.0 Å². The predicted molar refractivity (Wildman–Crippen MR) is 67.1 cm³/mol. The van der Waals surface area contributed by atoms with Crippen molar-refractivity contribution in [1.82, 2.24) is 14.9 Å². The first-order valence-electron chi connectivity index (χ1n) is 5.93. The molecule has 0 aliphatic carbocycles. The van der Waals surface area contributed by atoms with Crippen LogP contribution in [0, 0.1) is 6.92 Å². The Morgan fingerprint density at radius 3 is 2.76 bits per heavy atom. The summed E-state index contributed by atoms with van der Waals surface area (Å²) in [4.78, 5) is 10.9. The van der Waals surface area contributed by atoms with E-state index in [0.717, 1.165) is 44.1 Å². The molecule has 2 rings (SSSR count). The van der Waals surface area contributed by atoms with Gasteiger partial charge in [0.2, 0.25) is 0 Å². The van der Waals surface area contributed by atoms with E-state index < -0.39 is 0 Å². The van der Waals surface area contributed by atoms with Gasteiger partial charge in [-0.15, -0.1) is 0 Å². The average Bonchev–Trinajstić information content (AvgIpc) is 2.28. The van der Waals surface area contributed by atoms with Crippen LogP contribution in [0.3, 0.4) is 0 Å². The molecule has 1 aromatic rings. The number of halogens is 1. The molecule has 1 aliphatic rings. The number of aryl methyl sites for hydroxylation is 1. The molecule has 1 aromatic heterocycles. The van der Waals surface area contributed by atoms with Crippen LogP contribution < -0.4 is 0 Å². The standard InChI is InChI=1S/C12H18ClN3O/c1-9-7-11(13)15-12(14-9)8-16(2)10-3-5-17-6-4-10/h7,10H,3-6,8H2,1-2H3. The number of nitrogens with zero attached hydrogens (tertiary/aromatic N) is 3. The minimum absolute atomic E-state index is 0.521. The van der Waals surface area contributed by atoms with Crippen molar-refractivity contribution < 1.29 is 4.74 Å². The van der Waals surface area contributed by atoms with Crippen molar-refractivity contribution >= 4 is 11.6 Å². The van der Waals surface area contributed by atoms with Crippen LogP contribution >= 0.6 is 11.6 Å². The number of aromatic nitrogens is 2. The van der Waals surface area contributed by atoms with Crippen molar-refractivity contribution in [3.05, 3.63) is 22.7 Å². The van der Waals surface area contributed by atoms with E-state index >= 15 is 0 Å². The molecule has 0 aromatic carbocycles. The largest absolute Gasteiger partial charge is 0.381 e. The molecule has 0 saturated carbocycles. The molecule has 0 spiro atoms. The third kappa shape index (κ3) is 3.63. The summed E-state index contributed by atoms with van der Waals surface area (Å²) < 4.78 is 5.36. The van der Waals surface area contributed by atoms with Crippen LogP contribution in [-0.4, -0.2) is 41.2 Å². The SMILES string of the molecule is Cc1cc(Cl)nc(CN(C)C2CCOCC2)n1. The van der Waals surface area contributed by atoms with Gasteiger partial charge in [-0.05, 0) is 32.9 Å². The van der Waals surface area contributed by atoms with E-state index in [4.69, 9.17) is 16.3 Å². The lowest BCUT2D eigenvalue weighted by Crippen LogP contribution is -2.36. The van der Waals surface area contributed by atoms with Gasteiger partial charge in [0, 0.05) is 24.9 Å². The molecule has 94 valence electrons. The van der Waals surface area contributed by atoms with E-state index in [9.17, 15) is 0 Å². The van der Waals surface area contributed by atoms with Crippen LogP contribution in [0.2, 0.25) is 5.15 Å². The van der Waals surface area contributed by atoms with Gasteiger partial charge in [0.05, 0.1) is 6.54 Å². The van der Waals surface area contributed by atoms with Crippen LogP contribution in [-0.2, 0) is 11.3 Å². The van der Waals surface area contributed by atoms with Crippen LogP contribution in [0.25, 0.3) is 0 Å². The minimum Gasteiger partial charge on any atom is -0.381 e. The fourth-order valence-electron chi connectivity index (χ4n) is 2.14. The molecular formula is C12H18ClN3O. The van der Waals surface area contributed by atoms with Crippen LogP contribution in [0.15, 0.2) is 6.07 Å². The topological polar surface area (TPSA) is 38.2 Å². The number of hydrogen-bond donors (Lipinski definition) is 0. The van der Waals surface area contributed by atoms with Crippen molar-refractivity contribution in [2.24, 2.45) is 0 Å². The number of ether oxygens (including phenoxy) is 1. The summed E-state index contributed by atoms with van der Waals surface area (Å²) in [6.45, 7) is 4.38. The lowest BCUT2D eigenvalue weighted by atomic mass is 10.1. The van der Waals surface area contributed by atoms with Crippen molar-refractivity contribution in [2.45, 2.75) is 32.4 Å². The molecular weight excluding hydrogens is 238 g/mol. The Hall–Kier alpha value is -0.710. The maximum atomic E-state index is 5.93. The Balaban J connectivity index is 1.99. The quantitative estimate of drug-likeness (QED) is 0.775. The Morgan fingerprint density at radius 2 is 2.12 bits per heavy atom. The van der Waals surface area contributed by atoms with Crippen molar-refractivity contribution in [2.75, 3.05) is 20.3 Å². The van der Waals surface area contributed by atoms with E-state index in [1.165, 1.54) is 0 Å². The molecule has 1 saturated heterocycles. The molecule has 4 nitrogen and oxygen atoms in total. The second-order valence-electron chi connectivity index (χ2n) is 4.51. The van der Waals surface area contributed by atoms with Crippen molar-refractivity contribution in [3.8, 4) is 0 Å². The number of hydrogen-bond acceptors (Lipinski definition) is 4. The van der Waals surface area contributed by atoms with Gasteiger partial charge in [-0.2, -0.15) is 0 Å². The van der Waals surface area contributed by atoms with Crippen LogP contribution in [0.4, 0.5) is 0 Å². The third-order valence-corrected chi connectivity index (χ3v) is 3.27. The zero-order valence-corrected chi connectivity index (χ0v) is 11.1. The number of rotatable bonds is 3. The summed E-state index contributed by atoms with van der Waals surface area (Å²) in [5, 5.41) is 0.521. The maximum absolute atomic E-state index is 5.93. The van der Waals surface area contributed by atoms with Gasteiger partial charge in [-0.1, -0.05) is 11.6 Å². The van der Waals surface area contributed by atoms with Gasteiger partial charge in [0.25, 0.3) is 0 Å². The van der Waals surface area contributed by atoms with Gasteiger partial charge in [-0.25, -0.2) is 9.97 Å². The minimum atomic E-state index is 0.521. The Bertz CT molecular complexity index is 360. The molecule has 1 fully saturated rings. The lowest BCUT2D eigenvalue weighted by molar-refractivity contribution is 0.0399. The highest BCUT2D eigenvalue weighted by molar-refractivity contribution is 6.29. The zero-order valence-electron chi connectivity index (χ0n) is 10.3. The van der Waals surface area contributed by atoms with Crippen molar-refractivity contribution in [3.63, 3.8) is 0 Å². The summed E-state index contributed by atoms with van der Waals surface area (Å²) in [6, 6.07) is 2.34. The Morgan fingerprint density at radius 1 is 1.41 bits per heavy atom. The second kappa shape index (κ2) is 5.76. The maximum Gasteiger partial charge on any atom is 0.144 e. The monoisotopic (exact) mass is 255 g/mol. The molecule has 0 amide bonds. The van der Waals surface area contributed by atoms with E-state index in [1.54, 1.807) is 6.07 Å². The summed E-state index contributed by atoms with van der Waals surface area (Å²) in [5.74, 6) is 0.795. The average molecular weight is 256 g/mol. The Labute approximate surface area is 107 Å². The second-order valence-corrected chi connectivity index (χ2v) is 4.89. The molecule has 0 N–H and O–H groups in total. The van der Waals surface area contributed by atoms with Gasteiger partial charge >= 0.3 is 0 Å². The first-order chi connectivity index (χ1) is 8.15. The van der Waals surface area contributed by atoms with Gasteiger partial charge < -0.3 is 4.74 Å². The normalized spacial score (nSPS) is 17.6. The van der Waals surface area contributed by atoms with E-state index in [2.05, 4.69) is 21.9 Å². The molecule has 2 heterocycles. The van der Waals surface area contributed by atoms with Crippen molar-refractivity contribution in [1.29, 1.82) is 0 Å². The first kappa shape index (κ1) is 12.7. The van der Waals surface area contributed by atoms with Gasteiger partial charge in [0.15, 0.2) is 0 Å². The molecule has 17 heavy (non-hydrogen) atoms. The molecule has 1 aliphatic heterocycles. The zero-order chi connectivity index (χ0) is 12.3. The van der Waals surface area contributed by atoms with Crippen LogP contribution in [0.5, 0.6) is 0 Å². The van der Waals surface area contributed by atoms with E-state index in [0.29, 0.717) is 11.2 Å². The fraction of sp³-hybridized carbons (Fsp3) is 0.667. The predicted octanol–water partition coefficient (Wildman–Crippen LogP) is 2.05. The third-order valence-electron chi connectivity index (χ3n) is 3.07. The van der Waals surface area contributed by atoms with E-state index in [-0.39, 0.29) is 0 Å². The Kier molecular flexibility index (Phi) is 4.31. The lowest BCUT2D eigenvalue weighted by Gasteiger charge is -2.30. The summed E-state index contributed by atoms with van der Waals surface area (Å²) in [7, 11) is 2.11. The summed E-state index contributed by atoms with van der Waals surface area (Å²) in [5.41, 5.74) is 0.917. The summed E-state index contributed by atoms with van der Waals surface area (Å²) in [6.07, 6.45) is 2.16. The fourth-order valence-corrected chi connectivity index (χ4v) is 2.39. The first-order valence-corrected chi connectivity index (χ1v) is 6.31.